The second-order valence-corrected chi connectivity index (χ2v) is 6.52. The van der Waals surface area contributed by atoms with E-state index < -0.39 is 0 Å². The van der Waals surface area contributed by atoms with Crippen LogP contribution < -0.4 is 10.1 Å². The summed E-state index contributed by atoms with van der Waals surface area (Å²) in [4.78, 5) is 14.5. The van der Waals surface area contributed by atoms with Gasteiger partial charge in [0.2, 0.25) is 5.91 Å². The van der Waals surface area contributed by atoms with E-state index in [9.17, 15) is 4.79 Å². The van der Waals surface area contributed by atoms with Gasteiger partial charge in [0.25, 0.3) is 0 Å². The Balaban J connectivity index is 1.79. The van der Waals surface area contributed by atoms with Crippen LogP contribution in [0.15, 0.2) is 48.5 Å². The van der Waals surface area contributed by atoms with Crippen molar-refractivity contribution in [2.24, 2.45) is 0 Å². The minimum Gasteiger partial charge on any atom is -0.497 e. The summed E-state index contributed by atoms with van der Waals surface area (Å²) in [5.41, 5.74) is 3.96. The van der Waals surface area contributed by atoms with Gasteiger partial charge >= 0.3 is 0 Å². The molecule has 0 aliphatic carbocycles. The van der Waals surface area contributed by atoms with Crippen molar-refractivity contribution in [1.29, 1.82) is 0 Å². The van der Waals surface area contributed by atoms with Gasteiger partial charge in [-0.25, -0.2) is 0 Å². The Morgan fingerprint density at radius 3 is 2.67 bits per heavy atom. The maximum Gasteiger partial charge on any atom is 0.221 e. The molecule has 4 nitrogen and oxygen atoms in total. The molecule has 24 heavy (non-hydrogen) atoms. The Kier molecular flexibility index (Phi) is 3.98. The van der Waals surface area contributed by atoms with E-state index in [1.807, 2.05) is 12.1 Å². The van der Waals surface area contributed by atoms with E-state index in [0.717, 1.165) is 18.7 Å². The van der Waals surface area contributed by atoms with Crippen LogP contribution in [0, 0.1) is 0 Å². The number of ether oxygens (including phenoxy) is 1. The molecule has 2 aliphatic heterocycles. The fraction of sp³-hybridized carbons (Fsp3) is 0.350. The van der Waals surface area contributed by atoms with Gasteiger partial charge in [-0.3, -0.25) is 9.69 Å². The van der Waals surface area contributed by atoms with E-state index >= 15 is 0 Å². The van der Waals surface area contributed by atoms with Gasteiger partial charge in [-0.05, 0) is 35.2 Å². The number of hydrogen-bond acceptors (Lipinski definition) is 3. The third kappa shape index (κ3) is 2.67. The first kappa shape index (κ1) is 15.2. The summed E-state index contributed by atoms with van der Waals surface area (Å²) < 4.78 is 5.30. The highest BCUT2D eigenvalue weighted by atomic mass is 16.5. The van der Waals surface area contributed by atoms with Gasteiger partial charge in [0.1, 0.15) is 5.75 Å². The summed E-state index contributed by atoms with van der Waals surface area (Å²) in [5.74, 6) is 1.03. The monoisotopic (exact) mass is 322 g/mol. The molecule has 0 aromatic heterocycles. The zero-order chi connectivity index (χ0) is 16.5. The Labute approximate surface area is 142 Å². The molecule has 1 saturated heterocycles. The highest BCUT2D eigenvalue weighted by Crippen LogP contribution is 2.39. The second kappa shape index (κ2) is 6.29. The van der Waals surface area contributed by atoms with Crippen molar-refractivity contribution in [1.82, 2.24) is 10.2 Å². The molecule has 0 spiro atoms. The molecule has 2 heterocycles. The molecule has 4 heteroatoms. The standard InChI is InChI=1S/C20H22N2O2/c1-24-17-8-6-14(7-9-17)20-18-5-3-2-4-15(18)12-16-13-19(23)21-10-11-22(16)20/h2-9,16,20H,10-13H2,1H3,(H,21,23). The lowest BCUT2D eigenvalue weighted by atomic mass is 9.84. The molecule has 1 amide bonds. The topological polar surface area (TPSA) is 41.6 Å². The molecule has 4 rings (SSSR count). The van der Waals surface area contributed by atoms with Crippen molar-refractivity contribution in [2.45, 2.75) is 24.9 Å². The smallest absolute Gasteiger partial charge is 0.221 e. The van der Waals surface area contributed by atoms with Gasteiger partial charge in [0.05, 0.1) is 13.2 Å². The van der Waals surface area contributed by atoms with E-state index in [2.05, 4.69) is 46.6 Å². The molecule has 0 radical (unpaired) electrons. The van der Waals surface area contributed by atoms with Crippen molar-refractivity contribution in [3.8, 4) is 5.75 Å². The normalized spacial score (nSPS) is 23.6. The summed E-state index contributed by atoms with van der Waals surface area (Å²) in [6.45, 7) is 1.59. The summed E-state index contributed by atoms with van der Waals surface area (Å²) in [5, 5.41) is 3.02. The Hall–Kier alpha value is -2.33. The molecule has 2 unspecified atom stereocenters. The third-order valence-corrected chi connectivity index (χ3v) is 5.15. The summed E-state index contributed by atoms with van der Waals surface area (Å²) in [7, 11) is 1.69. The second-order valence-electron chi connectivity index (χ2n) is 6.52. The van der Waals surface area contributed by atoms with Crippen LogP contribution in [0.25, 0.3) is 0 Å². The number of amides is 1. The maximum absolute atomic E-state index is 12.0. The predicted molar refractivity (Wildman–Crippen MR) is 93.1 cm³/mol. The van der Waals surface area contributed by atoms with Gasteiger partial charge in [0.15, 0.2) is 0 Å². The maximum atomic E-state index is 12.0. The third-order valence-electron chi connectivity index (χ3n) is 5.15. The molecule has 1 fully saturated rings. The van der Waals surface area contributed by atoms with Crippen LogP contribution in [0.5, 0.6) is 5.75 Å². The van der Waals surface area contributed by atoms with Crippen LogP contribution >= 0.6 is 0 Å². The lowest BCUT2D eigenvalue weighted by Crippen LogP contribution is -2.44. The Morgan fingerprint density at radius 1 is 1.08 bits per heavy atom. The van der Waals surface area contributed by atoms with E-state index in [1.54, 1.807) is 7.11 Å². The molecule has 2 aliphatic rings. The number of hydrogen-bond donors (Lipinski definition) is 1. The average Bonchev–Trinajstić information content (AvgIpc) is 2.80. The Bertz CT molecular complexity index is 742. The molecule has 2 atom stereocenters. The quantitative estimate of drug-likeness (QED) is 0.924. The van der Waals surface area contributed by atoms with Crippen LogP contribution in [-0.4, -0.2) is 37.0 Å². The number of carbonyl (C=O) groups is 1. The molecule has 2 aromatic carbocycles. The molecular weight excluding hydrogens is 300 g/mol. The molecule has 1 N–H and O–H groups in total. The first-order chi connectivity index (χ1) is 11.8. The average molecular weight is 322 g/mol. The number of rotatable bonds is 2. The molecule has 0 saturated carbocycles. The molecule has 2 aromatic rings. The lowest BCUT2D eigenvalue weighted by molar-refractivity contribution is -0.121. The van der Waals surface area contributed by atoms with E-state index in [-0.39, 0.29) is 18.0 Å². The lowest BCUT2D eigenvalue weighted by Gasteiger charge is -2.42. The zero-order valence-corrected chi connectivity index (χ0v) is 13.9. The number of fused-ring (bicyclic) bond motifs is 2. The highest BCUT2D eigenvalue weighted by Gasteiger charge is 2.37. The van der Waals surface area contributed by atoms with E-state index in [1.165, 1.54) is 16.7 Å². The van der Waals surface area contributed by atoms with Gasteiger partial charge in [-0.1, -0.05) is 36.4 Å². The molecule has 124 valence electrons. The van der Waals surface area contributed by atoms with Crippen molar-refractivity contribution < 1.29 is 9.53 Å². The fourth-order valence-corrected chi connectivity index (χ4v) is 4.02. The molecule has 0 bridgehead atoms. The first-order valence-corrected chi connectivity index (χ1v) is 8.50. The highest BCUT2D eigenvalue weighted by molar-refractivity contribution is 5.77. The van der Waals surface area contributed by atoms with Crippen molar-refractivity contribution in [2.75, 3.05) is 20.2 Å². The summed E-state index contributed by atoms with van der Waals surface area (Å²) in [6, 6.07) is 17.4. The largest absolute Gasteiger partial charge is 0.497 e. The van der Waals surface area contributed by atoms with E-state index in [4.69, 9.17) is 4.74 Å². The summed E-state index contributed by atoms with van der Waals surface area (Å²) in [6.07, 6.45) is 1.51. The number of nitrogens with zero attached hydrogens (tertiary/aromatic N) is 1. The first-order valence-electron chi connectivity index (χ1n) is 8.50. The zero-order valence-electron chi connectivity index (χ0n) is 13.9. The summed E-state index contributed by atoms with van der Waals surface area (Å²) >= 11 is 0. The molecular formula is C20H22N2O2. The number of nitrogens with one attached hydrogen (secondary N) is 1. The van der Waals surface area contributed by atoms with Crippen molar-refractivity contribution in [3.63, 3.8) is 0 Å². The van der Waals surface area contributed by atoms with Crippen LogP contribution in [0.3, 0.4) is 0 Å². The fourth-order valence-electron chi connectivity index (χ4n) is 4.02. The van der Waals surface area contributed by atoms with Crippen LogP contribution in [0.4, 0.5) is 0 Å². The van der Waals surface area contributed by atoms with Gasteiger partial charge in [-0.2, -0.15) is 0 Å². The minimum atomic E-state index is 0.162. The number of methoxy groups -OCH3 is 1. The van der Waals surface area contributed by atoms with Gasteiger partial charge < -0.3 is 10.1 Å². The van der Waals surface area contributed by atoms with Crippen molar-refractivity contribution >= 4 is 5.91 Å². The van der Waals surface area contributed by atoms with Crippen LogP contribution in [-0.2, 0) is 11.2 Å². The Morgan fingerprint density at radius 2 is 1.88 bits per heavy atom. The van der Waals surface area contributed by atoms with E-state index in [0.29, 0.717) is 13.0 Å². The van der Waals surface area contributed by atoms with Crippen molar-refractivity contribution in [3.05, 3.63) is 65.2 Å². The predicted octanol–water partition coefficient (Wildman–Crippen LogP) is 2.53. The van der Waals surface area contributed by atoms with Gasteiger partial charge in [0, 0.05) is 25.6 Å². The minimum absolute atomic E-state index is 0.162. The van der Waals surface area contributed by atoms with Crippen LogP contribution in [0.1, 0.15) is 29.2 Å². The number of carbonyl (C=O) groups excluding carboxylic acids is 1. The SMILES string of the molecule is COc1ccc(C2c3ccccc3CC3CC(=O)NCCN32)cc1. The number of benzene rings is 2. The van der Waals surface area contributed by atoms with Crippen LogP contribution in [0.2, 0.25) is 0 Å². The van der Waals surface area contributed by atoms with Gasteiger partial charge in [-0.15, -0.1) is 0 Å².